The maximum Gasteiger partial charge on any atom is 0.191 e. The highest BCUT2D eigenvalue weighted by atomic mass is 127. The molecule has 2 N–H and O–H groups in total. The lowest BCUT2D eigenvalue weighted by Crippen LogP contribution is -2.44. The molecule has 1 aromatic rings. The Morgan fingerprint density at radius 2 is 2.10 bits per heavy atom. The first-order chi connectivity index (χ1) is 9.81. The van der Waals surface area contributed by atoms with Gasteiger partial charge in [0.25, 0.3) is 0 Å². The summed E-state index contributed by atoms with van der Waals surface area (Å²) in [6.07, 6.45) is 8.04. The number of halogens is 1. The van der Waals surface area contributed by atoms with Gasteiger partial charge in [-0.3, -0.25) is 0 Å². The van der Waals surface area contributed by atoms with Crippen molar-refractivity contribution in [3.63, 3.8) is 0 Å². The van der Waals surface area contributed by atoms with E-state index in [-0.39, 0.29) is 24.0 Å². The molecule has 0 atom stereocenters. The summed E-state index contributed by atoms with van der Waals surface area (Å²) < 4.78 is 4.82. The minimum atomic E-state index is 0. The van der Waals surface area contributed by atoms with Gasteiger partial charge in [0.05, 0.1) is 6.54 Å². The molecule has 1 saturated carbocycles. The Bertz CT molecular complexity index is 400. The molecule has 1 heterocycles. The van der Waals surface area contributed by atoms with E-state index in [1.54, 1.807) is 6.26 Å². The number of guanidine groups is 1. The second kappa shape index (κ2) is 10.0. The maximum absolute atomic E-state index is 4.82. The normalized spacial score (nSPS) is 22.5. The van der Waals surface area contributed by atoms with Crippen LogP contribution in [0.1, 0.15) is 51.6 Å². The Kier molecular flexibility index (Phi) is 8.72. The van der Waals surface area contributed by atoms with Gasteiger partial charge in [0.2, 0.25) is 0 Å². The first-order valence-electron chi connectivity index (χ1n) is 7.75. The van der Waals surface area contributed by atoms with Crippen molar-refractivity contribution < 1.29 is 4.52 Å². The van der Waals surface area contributed by atoms with Crippen LogP contribution in [0.5, 0.6) is 0 Å². The molecule has 1 aliphatic carbocycles. The van der Waals surface area contributed by atoms with Crippen molar-refractivity contribution in [1.82, 2.24) is 15.8 Å². The average Bonchev–Trinajstić information content (AvgIpc) is 2.99. The third kappa shape index (κ3) is 6.23. The molecule has 0 spiro atoms. The van der Waals surface area contributed by atoms with Gasteiger partial charge < -0.3 is 15.2 Å². The Morgan fingerprint density at radius 3 is 2.67 bits per heavy atom. The monoisotopic (exact) mass is 406 g/mol. The standard InChI is InChI=1S/C15H26N4O.HI/c1-3-12-5-7-13(8-6-12)18-15(16-4-2)17-11-14-9-10-20-19-14;/h9-10,12-13H,3-8,11H2,1-2H3,(H2,16,17,18);1H. The Labute approximate surface area is 144 Å². The van der Waals surface area contributed by atoms with Crippen molar-refractivity contribution in [2.24, 2.45) is 10.9 Å². The topological polar surface area (TPSA) is 62.5 Å². The van der Waals surface area contributed by atoms with Crippen LogP contribution < -0.4 is 10.6 Å². The first kappa shape index (κ1) is 18.3. The zero-order valence-corrected chi connectivity index (χ0v) is 15.3. The molecule has 120 valence electrons. The smallest absolute Gasteiger partial charge is 0.191 e. The molecule has 0 bridgehead atoms. The number of hydrogen-bond donors (Lipinski definition) is 2. The Morgan fingerprint density at radius 1 is 1.33 bits per heavy atom. The van der Waals surface area contributed by atoms with Crippen LogP contribution in [0.15, 0.2) is 21.8 Å². The predicted molar refractivity (Wildman–Crippen MR) is 95.9 cm³/mol. The van der Waals surface area contributed by atoms with E-state index in [1.807, 2.05) is 6.07 Å². The molecule has 0 radical (unpaired) electrons. The Balaban J connectivity index is 0.00000220. The second-order valence-electron chi connectivity index (χ2n) is 5.46. The summed E-state index contributed by atoms with van der Waals surface area (Å²) in [4.78, 5) is 4.56. The van der Waals surface area contributed by atoms with Gasteiger partial charge in [-0.25, -0.2) is 4.99 Å². The van der Waals surface area contributed by atoms with Gasteiger partial charge in [-0.15, -0.1) is 24.0 Å². The molecule has 6 heteroatoms. The third-order valence-electron chi connectivity index (χ3n) is 4.00. The summed E-state index contributed by atoms with van der Waals surface area (Å²) >= 11 is 0. The number of rotatable bonds is 5. The van der Waals surface area contributed by atoms with Crippen LogP contribution in [0.3, 0.4) is 0 Å². The van der Waals surface area contributed by atoms with E-state index >= 15 is 0 Å². The molecule has 0 unspecified atom stereocenters. The van der Waals surface area contributed by atoms with Crippen LogP contribution in [0.4, 0.5) is 0 Å². The van der Waals surface area contributed by atoms with Crippen molar-refractivity contribution in [2.45, 2.75) is 58.5 Å². The van der Waals surface area contributed by atoms with Gasteiger partial charge >= 0.3 is 0 Å². The summed E-state index contributed by atoms with van der Waals surface area (Å²) in [5.74, 6) is 1.80. The molecule has 21 heavy (non-hydrogen) atoms. The lowest BCUT2D eigenvalue weighted by atomic mass is 9.84. The first-order valence-corrected chi connectivity index (χ1v) is 7.75. The van der Waals surface area contributed by atoms with E-state index in [1.165, 1.54) is 32.1 Å². The largest absolute Gasteiger partial charge is 0.364 e. The second-order valence-corrected chi connectivity index (χ2v) is 5.46. The van der Waals surface area contributed by atoms with Crippen LogP contribution >= 0.6 is 24.0 Å². The van der Waals surface area contributed by atoms with Crippen LogP contribution in [-0.4, -0.2) is 23.7 Å². The van der Waals surface area contributed by atoms with Gasteiger partial charge in [-0.05, 0) is 38.5 Å². The molecule has 0 amide bonds. The average molecular weight is 406 g/mol. The fraction of sp³-hybridized carbons (Fsp3) is 0.733. The van der Waals surface area contributed by atoms with Crippen molar-refractivity contribution in [1.29, 1.82) is 0 Å². The highest BCUT2D eigenvalue weighted by Gasteiger charge is 2.20. The zero-order chi connectivity index (χ0) is 14.2. The van der Waals surface area contributed by atoms with Crippen molar-refractivity contribution in [3.05, 3.63) is 18.0 Å². The molecule has 1 aliphatic rings. The van der Waals surface area contributed by atoms with E-state index in [9.17, 15) is 0 Å². The summed E-state index contributed by atoms with van der Waals surface area (Å²) in [5, 5.41) is 10.7. The van der Waals surface area contributed by atoms with Gasteiger partial charge in [-0.1, -0.05) is 18.5 Å². The molecule has 0 saturated heterocycles. The van der Waals surface area contributed by atoms with Gasteiger partial charge in [0.1, 0.15) is 12.0 Å². The fourth-order valence-corrected chi connectivity index (χ4v) is 2.71. The number of aliphatic imine (C=N–C) groups is 1. The Hall–Kier alpha value is -0.790. The number of nitrogens with one attached hydrogen (secondary N) is 2. The van der Waals surface area contributed by atoms with Crippen molar-refractivity contribution in [3.8, 4) is 0 Å². The van der Waals surface area contributed by atoms with Crippen molar-refractivity contribution in [2.75, 3.05) is 6.54 Å². The molecular formula is C15H27IN4O. The van der Waals surface area contributed by atoms with Gasteiger partial charge in [0.15, 0.2) is 5.96 Å². The maximum atomic E-state index is 4.82. The highest BCUT2D eigenvalue weighted by molar-refractivity contribution is 14.0. The van der Waals surface area contributed by atoms with Crippen molar-refractivity contribution >= 4 is 29.9 Å². The zero-order valence-electron chi connectivity index (χ0n) is 13.0. The third-order valence-corrected chi connectivity index (χ3v) is 4.00. The summed E-state index contributed by atoms with van der Waals surface area (Å²) in [6.45, 7) is 5.80. The lowest BCUT2D eigenvalue weighted by Gasteiger charge is -2.29. The minimum Gasteiger partial charge on any atom is -0.364 e. The highest BCUT2D eigenvalue weighted by Crippen LogP contribution is 2.26. The van der Waals surface area contributed by atoms with Crippen LogP contribution in [0, 0.1) is 5.92 Å². The molecule has 1 fully saturated rings. The summed E-state index contributed by atoms with van der Waals surface area (Å²) in [7, 11) is 0. The van der Waals surface area contributed by atoms with Gasteiger partial charge in [0, 0.05) is 18.7 Å². The summed E-state index contributed by atoms with van der Waals surface area (Å²) in [6, 6.07) is 2.40. The number of aromatic nitrogens is 1. The number of hydrogen-bond acceptors (Lipinski definition) is 3. The molecule has 0 aliphatic heterocycles. The quantitative estimate of drug-likeness (QED) is 0.448. The predicted octanol–water partition coefficient (Wildman–Crippen LogP) is 3.32. The van der Waals surface area contributed by atoms with Crippen LogP contribution in [-0.2, 0) is 6.54 Å². The molecular weight excluding hydrogens is 379 g/mol. The van der Waals surface area contributed by atoms with Gasteiger partial charge in [-0.2, -0.15) is 0 Å². The van der Waals surface area contributed by atoms with E-state index < -0.39 is 0 Å². The molecule has 0 aromatic carbocycles. The molecule has 1 aromatic heterocycles. The van der Waals surface area contributed by atoms with Crippen LogP contribution in [0.2, 0.25) is 0 Å². The minimum absolute atomic E-state index is 0. The number of nitrogens with zero attached hydrogens (tertiary/aromatic N) is 2. The van der Waals surface area contributed by atoms with E-state index in [4.69, 9.17) is 4.52 Å². The molecule has 2 rings (SSSR count). The summed E-state index contributed by atoms with van der Waals surface area (Å²) in [5.41, 5.74) is 0.858. The van der Waals surface area contributed by atoms with E-state index in [2.05, 4.69) is 34.6 Å². The van der Waals surface area contributed by atoms with Crippen LogP contribution in [0.25, 0.3) is 0 Å². The lowest BCUT2D eigenvalue weighted by molar-refractivity contribution is 0.304. The fourth-order valence-electron chi connectivity index (χ4n) is 2.71. The molecule has 5 nitrogen and oxygen atoms in total. The van der Waals surface area contributed by atoms with E-state index in [0.717, 1.165) is 24.1 Å². The SMILES string of the molecule is CCNC(=NCc1ccon1)NC1CCC(CC)CC1.I. The van der Waals surface area contributed by atoms with E-state index in [0.29, 0.717) is 12.6 Å².